The highest BCUT2D eigenvalue weighted by Gasteiger charge is 2.39. The predicted octanol–water partition coefficient (Wildman–Crippen LogP) is 8.15. The van der Waals surface area contributed by atoms with Gasteiger partial charge in [0.1, 0.15) is 16.9 Å². The molecule has 4 aromatic rings. The number of pyridine rings is 2. The Morgan fingerprint density at radius 3 is 2.21 bits per heavy atom. The Hall–Kier alpha value is -4.75. The molecule has 14 heteroatoms. The second-order valence-corrected chi connectivity index (χ2v) is 16.8. The topological polar surface area (TPSA) is 154 Å². The number of anilines is 1. The molecule has 2 fully saturated rings. The SMILES string of the molecule is COc1nc(O[C@H]2CCc3c(-c4cccc(C(=O)Nc5ccc(CN6CCC[C@](C)(C(=O)O)C6)cn5)c4Cl)cccc32)c(Cl)cc1CN1CCC[C@](C)(C(=O)O)C1. The average molecular weight is 817 g/mol. The lowest BCUT2D eigenvalue weighted by Gasteiger charge is -2.37. The maximum atomic E-state index is 13.5. The van der Waals surface area contributed by atoms with Gasteiger partial charge in [-0.15, -0.1) is 0 Å². The zero-order chi connectivity index (χ0) is 40.5. The predicted molar refractivity (Wildman–Crippen MR) is 217 cm³/mol. The van der Waals surface area contributed by atoms with E-state index in [4.69, 9.17) is 32.7 Å². The number of aliphatic carboxylic acids is 2. The number of likely N-dealkylation sites (tertiary alicyclic amines) is 2. The van der Waals surface area contributed by atoms with Crippen molar-refractivity contribution >= 4 is 46.9 Å². The number of carbonyl (C=O) groups excluding carboxylic acids is 1. The number of carboxylic acids is 2. The summed E-state index contributed by atoms with van der Waals surface area (Å²) in [6, 6.07) is 16.8. The Labute approximate surface area is 342 Å². The Morgan fingerprint density at radius 2 is 1.56 bits per heavy atom. The van der Waals surface area contributed by atoms with Gasteiger partial charge in [-0.25, -0.2) is 4.98 Å². The van der Waals surface area contributed by atoms with Crippen LogP contribution in [0.3, 0.4) is 0 Å². The third-order valence-corrected chi connectivity index (χ3v) is 12.3. The number of fused-ring (bicyclic) bond motifs is 1. The number of nitrogens with zero attached hydrogens (tertiary/aromatic N) is 4. The van der Waals surface area contributed by atoms with Crippen LogP contribution in [0.5, 0.6) is 11.8 Å². The number of hydrogen-bond acceptors (Lipinski definition) is 9. The fraction of sp³-hybridized carbons (Fsp3) is 0.419. The second kappa shape index (κ2) is 16.6. The van der Waals surface area contributed by atoms with E-state index < -0.39 is 28.7 Å². The van der Waals surface area contributed by atoms with Gasteiger partial charge >= 0.3 is 11.9 Å². The zero-order valence-corrected chi connectivity index (χ0v) is 33.8. The summed E-state index contributed by atoms with van der Waals surface area (Å²) in [5.74, 6) is -0.958. The van der Waals surface area contributed by atoms with Gasteiger partial charge < -0.3 is 25.0 Å². The molecule has 4 heterocycles. The maximum Gasteiger partial charge on any atom is 0.310 e. The molecule has 0 spiro atoms. The van der Waals surface area contributed by atoms with Gasteiger partial charge in [0.15, 0.2) is 0 Å². The molecule has 2 aliphatic heterocycles. The van der Waals surface area contributed by atoms with Gasteiger partial charge in [-0.2, -0.15) is 4.98 Å². The van der Waals surface area contributed by atoms with Gasteiger partial charge in [-0.1, -0.05) is 59.6 Å². The van der Waals surface area contributed by atoms with E-state index in [9.17, 15) is 24.6 Å². The number of halogens is 2. The largest absolute Gasteiger partial charge is 0.481 e. The van der Waals surface area contributed by atoms with Crippen LogP contribution in [0, 0.1) is 10.8 Å². The van der Waals surface area contributed by atoms with Crippen molar-refractivity contribution < 1.29 is 34.1 Å². The lowest BCUT2D eigenvalue weighted by Crippen LogP contribution is -2.45. The number of piperidine rings is 2. The normalized spacial score (nSPS) is 22.4. The van der Waals surface area contributed by atoms with Gasteiger partial charge in [-0.3, -0.25) is 24.2 Å². The smallest absolute Gasteiger partial charge is 0.310 e. The summed E-state index contributed by atoms with van der Waals surface area (Å²) < 4.78 is 12.1. The molecule has 3 aliphatic rings. The number of carboxylic acid groups (broad SMARTS) is 2. The standard InChI is InChI=1S/C43H47Cl2N5O7/c1-42(40(52)53)16-6-18-49(24-42)22-26-12-15-35(46-21-26)47-37(51)32-11-5-10-31(36(32)45)28-8-4-9-30-29(28)13-14-34(30)57-39-33(44)20-27(38(48-39)56-3)23-50-19-7-17-43(2,25-50)41(54)55/h4-5,8-12,15,20-21,34H,6-7,13-14,16-19,22-25H2,1-3H3,(H,52,53)(H,54,55)(H,46,47,51)/t34-,42-,43-/m0/s1. The van der Waals surface area contributed by atoms with E-state index in [1.165, 1.54) is 0 Å². The van der Waals surface area contributed by atoms with E-state index in [1.54, 1.807) is 45.4 Å². The first-order valence-electron chi connectivity index (χ1n) is 19.3. The first kappa shape index (κ1) is 40.4. The maximum absolute atomic E-state index is 13.5. The molecule has 3 atom stereocenters. The van der Waals surface area contributed by atoms with Crippen LogP contribution in [-0.4, -0.2) is 81.1 Å². The molecule has 2 aromatic carbocycles. The molecule has 0 radical (unpaired) electrons. The lowest BCUT2D eigenvalue weighted by atomic mass is 9.82. The minimum Gasteiger partial charge on any atom is -0.481 e. The first-order valence-corrected chi connectivity index (χ1v) is 20.0. The molecule has 0 unspecified atom stereocenters. The van der Waals surface area contributed by atoms with Crippen LogP contribution in [0.4, 0.5) is 5.82 Å². The van der Waals surface area contributed by atoms with E-state index in [0.717, 1.165) is 59.3 Å². The summed E-state index contributed by atoms with van der Waals surface area (Å²) in [5, 5.41) is 23.0. The van der Waals surface area contributed by atoms with E-state index in [-0.39, 0.29) is 12.0 Å². The number of rotatable bonds is 12. The van der Waals surface area contributed by atoms with Crippen molar-refractivity contribution in [2.45, 2.75) is 71.6 Å². The Bertz CT molecular complexity index is 2190. The van der Waals surface area contributed by atoms with Gasteiger partial charge in [0.2, 0.25) is 11.8 Å². The van der Waals surface area contributed by atoms with Crippen molar-refractivity contribution in [3.8, 4) is 22.9 Å². The molecule has 0 bridgehead atoms. The molecule has 0 saturated carbocycles. The summed E-state index contributed by atoms with van der Waals surface area (Å²) >= 11 is 13.8. The quantitative estimate of drug-likeness (QED) is 0.127. The van der Waals surface area contributed by atoms with Crippen LogP contribution in [0.25, 0.3) is 11.1 Å². The molecule has 1 amide bonds. The highest BCUT2D eigenvalue weighted by atomic mass is 35.5. The van der Waals surface area contributed by atoms with Crippen molar-refractivity contribution in [1.82, 2.24) is 19.8 Å². The number of benzene rings is 2. The molecule has 2 saturated heterocycles. The number of ether oxygens (including phenoxy) is 2. The third-order valence-electron chi connectivity index (χ3n) is 11.6. The summed E-state index contributed by atoms with van der Waals surface area (Å²) in [6.07, 6.45) is 5.63. The number of carbonyl (C=O) groups is 3. The van der Waals surface area contributed by atoms with Crippen molar-refractivity contribution in [1.29, 1.82) is 0 Å². The minimum absolute atomic E-state index is 0.251. The zero-order valence-electron chi connectivity index (χ0n) is 32.3. The van der Waals surface area contributed by atoms with E-state index in [2.05, 4.69) is 25.1 Å². The molecular formula is C43H47Cl2N5O7. The second-order valence-electron chi connectivity index (χ2n) is 16.0. The lowest BCUT2D eigenvalue weighted by molar-refractivity contribution is -0.152. The highest BCUT2D eigenvalue weighted by Crippen LogP contribution is 2.44. The number of hydrogen-bond donors (Lipinski definition) is 3. The van der Waals surface area contributed by atoms with Gasteiger partial charge in [0.25, 0.3) is 5.91 Å². The van der Waals surface area contributed by atoms with Crippen LogP contribution in [-0.2, 0) is 29.1 Å². The Morgan fingerprint density at radius 1 is 0.895 bits per heavy atom. The van der Waals surface area contributed by atoms with Crippen molar-refractivity contribution in [2.75, 3.05) is 38.6 Å². The van der Waals surface area contributed by atoms with E-state index in [1.807, 2.05) is 36.4 Å². The fourth-order valence-electron chi connectivity index (χ4n) is 8.49. The summed E-state index contributed by atoms with van der Waals surface area (Å²) in [6.45, 7) is 7.08. The van der Waals surface area contributed by atoms with Crippen LogP contribution in [0.2, 0.25) is 10.0 Å². The Kier molecular flexibility index (Phi) is 11.8. The number of nitrogens with one attached hydrogen (secondary N) is 1. The molecule has 7 rings (SSSR count). The van der Waals surface area contributed by atoms with Crippen molar-refractivity contribution in [3.63, 3.8) is 0 Å². The monoisotopic (exact) mass is 815 g/mol. The molecule has 12 nitrogen and oxygen atoms in total. The molecule has 1 aliphatic carbocycles. The van der Waals surface area contributed by atoms with Crippen LogP contribution in [0.1, 0.15) is 84.7 Å². The molecule has 57 heavy (non-hydrogen) atoms. The summed E-state index contributed by atoms with van der Waals surface area (Å²) in [7, 11) is 1.54. The van der Waals surface area contributed by atoms with Gasteiger partial charge in [-0.05, 0) is 106 Å². The van der Waals surface area contributed by atoms with E-state index in [0.29, 0.717) is 79.2 Å². The fourth-order valence-corrected chi connectivity index (χ4v) is 9.02. The van der Waals surface area contributed by atoms with Crippen LogP contribution >= 0.6 is 23.2 Å². The molecule has 3 N–H and O–H groups in total. The van der Waals surface area contributed by atoms with Crippen LogP contribution in [0.15, 0.2) is 60.8 Å². The van der Waals surface area contributed by atoms with Gasteiger partial charge in [0.05, 0.1) is 28.5 Å². The third kappa shape index (κ3) is 8.60. The first-order chi connectivity index (χ1) is 27.3. The van der Waals surface area contributed by atoms with Gasteiger partial charge in [0, 0.05) is 43.5 Å². The number of aromatic nitrogens is 2. The minimum atomic E-state index is -0.811. The average Bonchev–Trinajstić information content (AvgIpc) is 3.59. The van der Waals surface area contributed by atoms with Crippen LogP contribution < -0.4 is 14.8 Å². The number of amides is 1. The summed E-state index contributed by atoms with van der Waals surface area (Å²) in [4.78, 5) is 50.6. The highest BCUT2D eigenvalue weighted by molar-refractivity contribution is 6.37. The number of methoxy groups -OCH3 is 1. The summed E-state index contributed by atoms with van der Waals surface area (Å²) in [5.41, 5.74) is 4.07. The van der Waals surface area contributed by atoms with Crippen molar-refractivity contribution in [3.05, 3.63) is 98.7 Å². The van der Waals surface area contributed by atoms with E-state index >= 15 is 0 Å². The molecule has 2 aromatic heterocycles. The Balaban J connectivity index is 1.03. The molecular weight excluding hydrogens is 769 g/mol. The van der Waals surface area contributed by atoms with Crippen molar-refractivity contribution in [2.24, 2.45) is 10.8 Å². The molecule has 300 valence electrons.